The van der Waals surface area contributed by atoms with E-state index in [1.165, 1.54) is 18.4 Å². The fourth-order valence-corrected chi connectivity index (χ4v) is 3.19. The normalized spacial score (nSPS) is 14.3. The van der Waals surface area contributed by atoms with Crippen LogP contribution in [0.15, 0.2) is 30.3 Å². The van der Waals surface area contributed by atoms with Crippen LogP contribution in [0, 0.1) is 6.92 Å². The van der Waals surface area contributed by atoms with Gasteiger partial charge in [0, 0.05) is 30.5 Å². The molecule has 2 aromatic rings. The van der Waals surface area contributed by atoms with E-state index in [1.54, 1.807) is 0 Å². The zero-order valence-electron chi connectivity index (χ0n) is 16.7. The Morgan fingerprint density at radius 3 is 2.41 bits per heavy atom. The maximum atomic E-state index is 12.2. The third kappa shape index (κ3) is 5.18. The molecule has 2 N–H and O–H groups in total. The number of urea groups is 1. The summed E-state index contributed by atoms with van der Waals surface area (Å²) in [6.45, 7) is 10.8. The highest BCUT2D eigenvalue weighted by molar-refractivity contribution is 5.89. The number of rotatable bonds is 4. The minimum atomic E-state index is -0.258. The van der Waals surface area contributed by atoms with Crippen molar-refractivity contribution >= 4 is 17.5 Å². The average molecular weight is 367 g/mol. The first-order valence-corrected chi connectivity index (χ1v) is 9.56. The van der Waals surface area contributed by atoms with Crippen LogP contribution in [-0.2, 0) is 12.0 Å². The number of aromatic nitrogens is 2. The second-order valence-corrected chi connectivity index (χ2v) is 8.11. The Morgan fingerprint density at radius 1 is 1.11 bits per heavy atom. The Bertz CT molecular complexity index is 789. The van der Waals surface area contributed by atoms with Crippen LogP contribution in [0.4, 0.5) is 16.3 Å². The zero-order chi connectivity index (χ0) is 19.4. The van der Waals surface area contributed by atoms with Crippen molar-refractivity contribution in [1.29, 1.82) is 0 Å². The highest BCUT2D eigenvalue weighted by atomic mass is 16.2. The van der Waals surface area contributed by atoms with Crippen molar-refractivity contribution < 1.29 is 4.79 Å². The van der Waals surface area contributed by atoms with Gasteiger partial charge in [0.2, 0.25) is 0 Å². The number of benzene rings is 1. The van der Waals surface area contributed by atoms with Gasteiger partial charge in [0.15, 0.2) is 0 Å². The predicted octanol–water partition coefficient (Wildman–Crippen LogP) is 4.00. The van der Waals surface area contributed by atoms with Gasteiger partial charge in [0.1, 0.15) is 11.6 Å². The van der Waals surface area contributed by atoms with Crippen molar-refractivity contribution in [2.45, 2.75) is 52.5 Å². The van der Waals surface area contributed by atoms with Crippen molar-refractivity contribution in [2.24, 2.45) is 0 Å². The van der Waals surface area contributed by atoms with Crippen molar-refractivity contribution in [3.8, 4) is 0 Å². The molecule has 1 saturated heterocycles. The Morgan fingerprint density at radius 2 is 1.78 bits per heavy atom. The predicted molar refractivity (Wildman–Crippen MR) is 109 cm³/mol. The third-order valence-corrected chi connectivity index (χ3v) is 4.73. The minimum absolute atomic E-state index is 0.0936. The van der Waals surface area contributed by atoms with Gasteiger partial charge in [0.05, 0.1) is 6.54 Å². The van der Waals surface area contributed by atoms with Gasteiger partial charge in [-0.2, -0.15) is 0 Å². The number of hydrogen-bond acceptors (Lipinski definition) is 4. The number of carbonyl (C=O) groups excluding carboxylic acids is 1. The molecule has 0 radical (unpaired) electrons. The summed E-state index contributed by atoms with van der Waals surface area (Å²) >= 11 is 0. The molecule has 27 heavy (non-hydrogen) atoms. The Labute approximate surface area is 161 Å². The molecule has 0 unspecified atom stereocenters. The van der Waals surface area contributed by atoms with Gasteiger partial charge < -0.3 is 15.5 Å². The molecule has 0 saturated carbocycles. The maximum absolute atomic E-state index is 12.2. The molecular formula is C21H29N5O. The van der Waals surface area contributed by atoms with Gasteiger partial charge in [0.25, 0.3) is 0 Å². The molecule has 0 spiro atoms. The monoisotopic (exact) mass is 367 g/mol. The Hall–Kier alpha value is -2.63. The fourth-order valence-electron chi connectivity index (χ4n) is 3.19. The number of nitrogens with one attached hydrogen (secondary N) is 2. The Balaban J connectivity index is 1.57. The molecule has 2 amide bonds. The molecule has 1 aromatic carbocycles. The standard InChI is InChI=1S/C21H29N5O/c1-15-13-19(26-11-5-6-12-26)25-18(23-15)14-22-20(27)24-17-9-7-16(8-10-17)21(2,3)4/h7-10,13H,5-6,11-12,14H2,1-4H3,(H2,22,24,27). The van der Waals surface area contributed by atoms with E-state index in [4.69, 9.17) is 0 Å². The number of anilines is 2. The van der Waals surface area contributed by atoms with E-state index < -0.39 is 0 Å². The molecule has 1 aliphatic rings. The van der Waals surface area contributed by atoms with Crippen molar-refractivity contribution in [2.75, 3.05) is 23.3 Å². The first-order chi connectivity index (χ1) is 12.8. The van der Waals surface area contributed by atoms with E-state index in [-0.39, 0.29) is 11.4 Å². The maximum Gasteiger partial charge on any atom is 0.319 e. The molecule has 6 heteroatoms. The lowest BCUT2D eigenvalue weighted by Gasteiger charge is -2.19. The molecular weight excluding hydrogens is 338 g/mol. The largest absolute Gasteiger partial charge is 0.357 e. The quantitative estimate of drug-likeness (QED) is 0.857. The van der Waals surface area contributed by atoms with Crippen LogP contribution in [0.5, 0.6) is 0 Å². The summed E-state index contributed by atoms with van der Waals surface area (Å²) in [5.41, 5.74) is 3.01. The van der Waals surface area contributed by atoms with E-state index in [2.05, 4.69) is 46.3 Å². The topological polar surface area (TPSA) is 70.2 Å². The molecule has 3 rings (SSSR count). The molecule has 6 nitrogen and oxygen atoms in total. The summed E-state index contributed by atoms with van der Waals surface area (Å²) in [7, 11) is 0. The van der Waals surface area contributed by atoms with Gasteiger partial charge in [-0.1, -0.05) is 32.9 Å². The van der Waals surface area contributed by atoms with Crippen LogP contribution >= 0.6 is 0 Å². The lowest BCUT2D eigenvalue weighted by molar-refractivity contribution is 0.251. The number of carbonyl (C=O) groups is 1. The first kappa shape index (κ1) is 19.1. The summed E-state index contributed by atoms with van der Waals surface area (Å²) in [6.07, 6.45) is 2.40. The first-order valence-electron chi connectivity index (χ1n) is 9.56. The van der Waals surface area contributed by atoms with Crippen molar-refractivity contribution in [1.82, 2.24) is 15.3 Å². The number of aryl methyl sites for hydroxylation is 1. The van der Waals surface area contributed by atoms with E-state index in [9.17, 15) is 4.79 Å². The third-order valence-electron chi connectivity index (χ3n) is 4.73. The molecule has 1 aliphatic heterocycles. The van der Waals surface area contributed by atoms with Gasteiger partial charge >= 0.3 is 6.03 Å². The average Bonchev–Trinajstić information content (AvgIpc) is 3.14. The lowest BCUT2D eigenvalue weighted by Crippen LogP contribution is -2.29. The van der Waals surface area contributed by atoms with Crippen LogP contribution in [-0.4, -0.2) is 29.1 Å². The summed E-state index contributed by atoms with van der Waals surface area (Å²) in [6, 6.07) is 9.68. The SMILES string of the molecule is Cc1cc(N2CCCC2)nc(CNC(=O)Nc2ccc(C(C)(C)C)cc2)n1. The summed E-state index contributed by atoms with van der Waals surface area (Å²) in [4.78, 5) is 23.5. The molecule has 1 fully saturated rings. The summed E-state index contributed by atoms with van der Waals surface area (Å²) in [5, 5.41) is 5.70. The van der Waals surface area contributed by atoms with E-state index in [1.807, 2.05) is 37.3 Å². The van der Waals surface area contributed by atoms with Crippen LogP contribution in [0.25, 0.3) is 0 Å². The van der Waals surface area contributed by atoms with Crippen LogP contribution in [0.2, 0.25) is 0 Å². The number of hydrogen-bond donors (Lipinski definition) is 2. The van der Waals surface area contributed by atoms with Crippen molar-refractivity contribution in [3.05, 3.63) is 47.4 Å². The highest BCUT2D eigenvalue weighted by Crippen LogP contribution is 2.23. The smallest absolute Gasteiger partial charge is 0.319 e. The second-order valence-electron chi connectivity index (χ2n) is 8.11. The van der Waals surface area contributed by atoms with E-state index >= 15 is 0 Å². The van der Waals surface area contributed by atoms with E-state index in [0.717, 1.165) is 30.3 Å². The van der Waals surface area contributed by atoms with Crippen molar-refractivity contribution in [3.63, 3.8) is 0 Å². The van der Waals surface area contributed by atoms with Gasteiger partial charge in [-0.3, -0.25) is 0 Å². The van der Waals surface area contributed by atoms with Gasteiger partial charge in [-0.25, -0.2) is 14.8 Å². The molecule has 144 valence electrons. The number of nitrogens with zero attached hydrogens (tertiary/aromatic N) is 3. The Kier molecular flexibility index (Phi) is 5.63. The van der Waals surface area contributed by atoms with Crippen LogP contribution in [0.1, 0.15) is 50.7 Å². The minimum Gasteiger partial charge on any atom is -0.357 e. The molecule has 0 aliphatic carbocycles. The van der Waals surface area contributed by atoms with E-state index in [0.29, 0.717) is 12.4 Å². The number of amides is 2. The molecule has 1 aromatic heterocycles. The second kappa shape index (κ2) is 7.94. The molecule has 0 bridgehead atoms. The zero-order valence-corrected chi connectivity index (χ0v) is 16.7. The lowest BCUT2D eigenvalue weighted by atomic mass is 9.87. The molecule has 0 atom stereocenters. The van der Waals surface area contributed by atoms with Crippen LogP contribution in [0.3, 0.4) is 0 Å². The van der Waals surface area contributed by atoms with Gasteiger partial charge in [-0.05, 0) is 42.9 Å². The summed E-state index contributed by atoms with van der Waals surface area (Å²) < 4.78 is 0. The fraction of sp³-hybridized carbons (Fsp3) is 0.476. The van der Waals surface area contributed by atoms with Crippen LogP contribution < -0.4 is 15.5 Å². The summed E-state index contributed by atoms with van der Waals surface area (Å²) in [5.74, 6) is 1.59. The van der Waals surface area contributed by atoms with Gasteiger partial charge in [-0.15, -0.1) is 0 Å². The highest BCUT2D eigenvalue weighted by Gasteiger charge is 2.16. The molecule has 2 heterocycles.